The van der Waals surface area contributed by atoms with Crippen molar-refractivity contribution in [3.8, 4) is 0 Å². The Bertz CT molecular complexity index is 1090. The van der Waals surface area contributed by atoms with Gasteiger partial charge >= 0.3 is 19.8 Å². The Morgan fingerprint density at radius 2 is 1.54 bits per heavy atom. The SMILES string of the molecule is CCCCC[C@H](O)/C=C/[C@H]1[C@H](O)CC(=O)[C@@H]1C/C=C\CCCC(=O)OC[C@H](COP(=O)(O)OC[C@@H](O)CO)OC(=O)CCCCCCCCC(C)C. The lowest BCUT2D eigenvalue weighted by Crippen LogP contribution is -2.29. The Hall–Kier alpha value is -1.96. The fraction of sp³-hybridized carbons (Fsp3) is 0.816. The number of ketones is 1. The van der Waals surface area contributed by atoms with Gasteiger partial charge in [-0.1, -0.05) is 103 Å². The fourth-order valence-corrected chi connectivity index (χ4v) is 6.59. The first-order chi connectivity index (χ1) is 24.8. The molecule has 0 aromatic heterocycles. The van der Waals surface area contributed by atoms with Crippen LogP contribution in [0.5, 0.6) is 0 Å². The minimum Gasteiger partial charge on any atom is -0.462 e. The van der Waals surface area contributed by atoms with E-state index in [4.69, 9.17) is 19.1 Å². The molecular weight excluding hydrogens is 695 g/mol. The van der Waals surface area contributed by atoms with Gasteiger partial charge in [0.05, 0.1) is 32.0 Å². The zero-order valence-electron chi connectivity index (χ0n) is 31.6. The van der Waals surface area contributed by atoms with E-state index in [0.717, 1.165) is 44.9 Å². The van der Waals surface area contributed by atoms with Crippen LogP contribution in [0.2, 0.25) is 0 Å². The maximum absolute atomic E-state index is 12.5. The summed E-state index contributed by atoms with van der Waals surface area (Å²) in [5.74, 6) is -1.20. The van der Waals surface area contributed by atoms with E-state index in [2.05, 4.69) is 25.3 Å². The molecule has 52 heavy (non-hydrogen) atoms. The normalized spacial score (nSPS) is 20.8. The number of esters is 2. The smallest absolute Gasteiger partial charge is 0.462 e. The second-order valence-electron chi connectivity index (χ2n) is 14.2. The van der Waals surface area contributed by atoms with Gasteiger partial charge in [-0.15, -0.1) is 0 Å². The summed E-state index contributed by atoms with van der Waals surface area (Å²) in [7, 11) is -4.67. The summed E-state index contributed by atoms with van der Waals surface area (Å²) in [6.07, 6.45) is 15.6. The molecule has 1 aliphatic rings. The number of phosphoric ester groups is 1. The van der Waals surface area contributed by atoms with E-state index in [9.17, 15) is 39.2 Å². The van der Waals surface area contributed by atoms with E-state index < -0.39 is 70.6 Å². The Morgan fingerprint density at radius 1 is 0.885 bits per heavy atom. The van der Waals surface area contributed by atoms with Crippen LogP contribution in [0.15, 0.2) is 24.3 Å². The first kappa shape index (κ1) is 48.1. The summed E-state index contributed by atoms with van der Waals surface area (Å²) in [5.41, 5.74) is 0. The Balaban J connectivity index is 2.54. The minimum absolute atomic E-state index is 0.0190. The van der Waals surface area contributed by atoms with Gasteiger partial charge in [0.2, 0.25) is 0 Å². The first-order valence-corrected chi connectivity index (χ1v) is 20.7. The number of phosphoric acid groups is 1. The molecule has 14 heteroatoms. The van der Waals surface area contributed by atoms with Gasteiger partial charge < -0.3 is 34.8 Å². The van der Waals surface area contributed by atoms with Crippen LogP contribution in [0.4, 0.5) is 0 Å². The maximum Gasteiger partial charge on any atom is 0.472 e. The highest BCUT2D eigenvalue weighted by molar-refractivity contribution is 7.47. The van der Waals surface area contributed by atoms with Crippen LogP contribution < -0.4 is 0 Å². The molecule has 13 nitrogen and oxygen atoms in total. The number of unbranched alkanes of at least 4 members (excludes halogenated alkanes) is 8. The molecule has 1 fully saturated rings. The van der Waals surface area contributed by atoms with E-state index in [-0.39, 0.29) is 36.9 Å². The third-order valence-electron chi connectivity index (χ3n) is 8.91. The van der Waals surface area contributed by atoms with Crippen molar-refractivity contribution in [1.29, 1.82) is 0 Å². The monoisotopic (exact) mass is 762 g/mol. The quantitative estimate of drug-likeness (QED) is 0.0242. The highest BCUT2D eigenvalue weighted by atomic mass is 31.2. The topological polar surface area (TPSA) is 206 Å². The van der Waals surface area contributed by atoms with Crippen molar-refractivity contribution in [2.75, 3.05) is 26.4 Å². The molecule has 1 aliphatic carbocycles. The maximum atomic E-state index is 12.5. The molecule has 0 heterocycles. The molecule has 0 amide bonds. The van der Waals surface area contributed by atoms with Gasteiger partial charge in [0, 0.05) is 31.1 Å². The number of rotatable bonds is 31. The Kier molecular flexibility index (Phi) is 26.3. The second-order valence-corrected chi connectivity index (χ2v) is 15.7. The number of hydrogen-bond acceptors (Lipinski definition) is 12. The van der Waals surface area contributed by atoms with Crippen LogP contribution in [0.25, 0.3) is 0 Å². The van der Waals surface area contributed by atoms with E-state index in [1.165, 1.54) is 12.8 Å². The molecule has 0 spiro atoms. The molecule has 1 rings (SSSR count). The van der Waals surface area contributed by atoms with Crippen molar-refractivity contribution in [1.82, 2.24) is 0 Å². The van der Waals surface area contributed by atoms with Crippen molar-refractivity contribution in [2.24, 2.45) is 17.8 Å². The minimum atomic E-state index is -4.67. The molecule has 0 aliphatic heterocycles. The van der Waals surface area contributed by atoms with Crippen LogP contribution in [0.3, 0.4) is 0 Å². The summed E-state index contributed by atoms with van der Waals surface area (Å²) < 4.78 is 32.5. The predicted molar refractivity (Wildman–Crippen MR) is 197 cm³/mol. The molecule has 302 valence electrons. The Morgan fingerprint density at radius 3 is 2.23 bits per heavy atom. The summed E-state index contributed by atoms with van der Waals surface area (Å²) >= 11 is 0. The average Bonchev–Trinajstić information content (AvgIpc) is 3.37. The number of carbonyl (C=O) groups excluding carboxylic acids is 3. The van der Waals surface area contributed by atoms with Gasteiger partial charge in [-0.2, -0.15) is 0 Å². The lowest BCUT2D eigenvalue weighted by Gasteiger charge is -2.20. The lowest BCUT2D eigenvalue weighted by molar-refractivity contribution is -0.161. The number of ether oxygens (including phenoxy) is 2. The number of allylic oxidation sites excluding steroid dienone is 2. The van der Waals surface area contributed by atoms with Gasteiger partial charge in [0.1, 0.15) is 18.5 Å². The number of hydrogen-bond donors (Lipinski definition) is 5. The lowest BCUT2D eigenvalue weighted by atomic mass is 9.90. The number of carbonyl (C=O) groups is 3. The van der Waals surface area contributed by atoms with Crippen LogP contribution in [0.1, 0.15) is 130 Å². The van der Waals surface area contributed by atoms with Gasteiger partial charge in [0.25, 0.3) is 0 Å². The van der Waals surface area contributed by atoms with Gasteiger partial charge in [-0.05, 0) is 38.0 Å². The van der Waals surface area contributed by atoms with Crippen molar-refractivity contribution in [2.45, 2.75) is 154 Å². The van der Waals surface area contributed by atoms with Gasteiger partial charge in [-0.25, -0.2) is 4.57 Å². The van der Waals surface area contributed by atoms with E-state index in [0.29, 0.717) is 38.0 Å². The summed E-state index contributed by atoms with van der Waals surface area (Å²) in [5, 5.41) is 38.9. The van der Waals surface area contributed by atoms with Crippen LogP contribution in [0, 0.1) is 17.8 Å². The van der Waals surface area contributed by atoms with Crippen molar-refractivity contribution in [3.63, 3.8) is 0 Å². The number of Topliss-reactive ketones (excluding diaryl/α,β-unsaturated/α-hetero) is 1. The zero-order chi connectivity index (χ0) is 38.8. The largest absolute Gasteiger partial charge is 0.472 e. The highest BCUT2D eigenvalue weighted by Crippen LogP contribution is 2.43. The summed E-state index contributed by atoms with van der Waals surface area (Å²) in [6.45, 7) is 4.14. The van der Waals surface area contributed by atoms with Crippen molar-refractivity contribution in [3.05, 3.63) is 24.3 Å². The molecule has 0 saturated heterocycles. The molecular formula is C38H67O13P. The van der Waals surface area contributed by atoms with Gasteiger partial charge in [-0.3, -0.25) is 23.4 Å². The third kappa shape index (κ3) is 23.7. The van der Waals surface area contributed by atoms with Crippen LogP contribution in [-0.4, -0.2) is 93.9 Å². The average molecular weight is 763 g/mol. The summed E-state index contributed by atoms with van der Waals surface area (Å²) in [4.78, 5) is 47.4. The van der Waals surface area contributed by atoms with Crippen LogP contribution >= 0.6 is 7.82 Å². The van der Waals surface area contributed by atoms with E-state index >= 15 is 0 Å². The zero-order valence-corrected chi connectivity index (χ0v) is 32.5. The van der Waals surface area contributed by atoms with E-state index in [1.807, 2.05) is 12.2 Å². The molecule has 0 bridgehead atoms. The number of aliphatic hydroxyl groups excluding tert-OH is 4. The third-order valence-corrected chi connectivity index (χ3v) is 9.86. The van der Waals surface area contributed by atoms with Crippen LogP contribution in [-0.2, 0) is 37.5 Å². The standard InChI is InChI=1S/C38H67O13P/c1-4-5-12-18-30(40)22-23-34-33(35(42)24-36(34)43)19-14-10-11-15-20-37(44)48-27-32(28-50-52(46,47)49-26-31(41)25-39)51-38(45)21-16-9-7-6-8-13-17-29(2)3/h10,14,22-23,29-34,36,39-41,43H,4-9,11-13,15-21,24-28H2,1-3H3,(H,46,47)/b14-10-,23-22+/t30-,31-,32+,33+,34+,36+/m0/s1. The number of aliphatic hydroxyl groups is 4. The van der Waals surface area contributed by atoms with Gasteiger partial charge in [0.15, 0.2) is 6.10 Å². The summed E-state index contributed by atoms with van der Waals surface area (Å²) in [6, 6.07) is 0. The molecule has 5 N–H and O–H groups in total. The fourth-order valence-electron chi connectivity index (χ4n) is 5.80. The molecule has 1 saturated carbocycles. The molecule has 1 unspecified atom stereocenters. The second kappa shape index (κ2) is 28.5. The van der Waals surface area contributed by atoms with Crippen molar-refractivity contribution < 1.29 is 62.8 Å². The highest BCUT2D eigenvalue weighted by Gasteiger charge is 2.39. The molecule has 0 radical (unpaired) electrons. The molecule has 0 aromatic carbocycles. The first-order valence-electron chi connectivity index (χ1n) is 19.3. The predicted octanol–water partition coefficient (Wildman–Crippen LogP) is 5.89. The Labute approximate surface area is 310 Å². The molecule has 7 atom stereocenters. The van der Waals surface area contributed by atoms with E-state index in [1.54, 1.807) is 12.2 Å². The molecule has 0 aromatic rings. The van der Waals surface area contributed by atoms with Crippen molar-refractivity contribution >= 4 is 25.5 Å².